The van der Waals surface area contributed by atoms with E-state index in [9.17, 15) is 8.42 Å². The average molecular weight is 193 g/mol. The molecule has 0 bridgehead atoms. The van der Waals surface area contributed by atoms with Crippen molar-refractivity contribution in [1.29, 1.82) is 0 Å². The number of hydrogen-bond acceptors (Lipinski definition) is 4. The van der Waals surface area contributed by atoms with Crippen LogP contribution in [0.25, 0.3) is 0 Å². The lowest BCUT2D eigenvalue weighted by molar-refractivity contribution is 0.198. The molecule has 0 aromatic carbocycles. The molecule has 0 radical (unpaired) electrons. The number of nitrogens with one attached hydrogen (secondary N) is 1. The van der Waals surface area contributed by atoms with E-state index < -0.39 is 15.1 Å². The summed E-state index contributed by atoms with van der Waals surface area (Å²) in [4.78, 5) is 0. The van der Waals surface area contributed by atoms with Crippen LogP contribution in [0.5, 0.6) is 0 Å². The molecule has 4 nitrogen and oxygen atoms in total. The van der Waals surface area contributed by atoms with Gasteiger partial charge in [-0.2, -0.15) is 0 Å². The molecule has 0 amide bonds. The summed E-state index contributed by atoms with van der Waals surface area (Å²) in [5.41, 5.74) is 0. The third kappa shape index (κ3) is 2.18. The fourth-order valence-corrected chi connectivity index (χ4v) is 2.94. The molecule has 1 heterocycles. The lowest BCUT2D eigenvalue weighted by atomic mass is 9.99. The van der Waals surface area contributed by atoms with E-state index in [1.54, 1.807) is 0 Å². The summed E-state index contributed by atoms with van der Waals surface area (Å²) in [7, 11) is -3.01. The van der Waals surface area contributed by atoms with Gasteiger partial charge < -0.3 is 10.4 Å². The van der Waals surface area contributed by atoms with Gasteiger partial charge in [-0.05, 0) is 13.0 Å². The summed E-state index contributed by atoms with van der Waals surface area (Å²) >= 11 is 0. The molecule has 0 aromatic heterocycles. The molecule has 1 aliphatic rings. The van der Waals surface area contributed by atoms with Gasteiger partial charge >= 0.3 is 0 Å². The molecule has 2 unspecified atom stereocenters. The molecule has 72 valence electrons. The average Bonchev–Trinajstić information content (AvgIpc) is 2.03. The molecule has 5 heteroatoms. The van der Waals surface area contributed by atoms with Gasteiger partial charge in [0.05, 0.1) is 5.25 Å². The number of piperidine rings is 1. The number of rotatable bonds is 2. The van der Waals surface area contributed by atoms with E-state index in [4.69, 9.17) is 5.11 Å². The summed E-state index contributed by atoms with van der Waals surface area (Å²) < 4.78 is 22.4. The molecule has 2 N–H and O–H groups in total. The molecule has 1 aliphatic heterocycles. The Morgan fingerprint density at radius 3 is 2.67 bits per heavy atom. The van der Waals surface area contributed by atoms with Gasteiger partial charge in [-0.15, -0.1) is 0 Å². The van der Waals surface area contributed by atoms with Crippen LogP contribution in [0.2, 0.25) is 0 Å². The van der Waals surface area contributed by atoms with Gasteiger partial charge in [-0.25, -0.2) is 8.42 Å². The highest BCUT2D eigenvalue weighted by atomic mass is 32.2. The third-order valence-corrected chi connectivity index (χ3v) is 4.00. The Hall–Kier alpha value is -0.130. The maximum atomic E-state index is 11.2. The highest BCUT2D eigenvalue weighted by molar-refractivity contribution is 7.91. The maximum Gasteiger partial charge on any atom is 0.151 e. The van der Waals surface area contributed by atoms with Gasteiger partial charge in [0.25, 0.3) is 0 Å². The van der Waals surface area contributed by atoms with Crippen LogP contribution in [0.1, 0.15) is 6.42 Å². The standard InChI is InChI=1S/C7H15NO3S/c1-12(10,11)7-4-8-3-2-6(7)5-9/h6-9H,2-5H2,1H3. The minimum Gasteiger partial charge on any atom is -0.396 e. The Balaban J connectivity index is 2.72. The van der Waals surface area contributed by atoms with Gasteiger partial charge in [-0.3, -0.25) is 0 Å². The smallest absolute Gasteiger partial charge is 0.151 e. The largest absolute Gasteiger partial charge is 0.396 e. The van der Waals surface area contributed by atoms with Crippen LogP contribution in [0.4, 0.5) is 0 Å². The van der Waals surface area contributed by atoms with E-state index in [0.29, 0.717) is 6.54 Å². The van der Waals surface area contributed by atoms with Crippen molar-refractivity contribution < 1.29 is 13.5 Å². The van der Waals surface area contributed by atoms with E-state index in [1.807, 2.05) is 0 Å². The Bertz CT molecular complexity index is 237. The van der Waals surface area contributed by atoms with Crippen LogP contribution in [0.15, 0.2) is 0 Å². The second-order valence-corrected chi connectivity index (χ2v) is 5.57. The lowest BCUT2D eigenvalue weighted by Gasteiger charge is -2.29. The van der Waals surface area contributed by atoms with Crippen LogP contribution >= 0.6 is 0 Å². The van der Waals surface area contributed by atoms with Crippen molar-refractivity contribution in [2.45, 2.75) is 11.7 Å². The van der Waals surface area contributed by atoms with Crippen LogP contribution in [-0.2, 0) is 9.84 Å². The second-order valence-electron chi connectivity index (χ2n) is 3.30. The Morgan fingerprint density at radius 1 is 1.58 bits per heavy atom. The first-order chi connectivity index (χ1) is 5.55. The fourth-order valence-electron chi connectivity index (χ4n) is 1.59. The van der Waals surface area contributed by atoms with Gasteiger partial charge in [0.2, 0.25) is 0 Å². The van der Waals surface area contributed by atoms with Crippen molar-refractivity contribution in [3.63, 3.8) is 0 Å². The van der Waals surface area contributed by atoms with E-state index >= 15 is 0 Å². The zero-order valence-electron chi connectivity index (χ0n) is 7.16. The number of sulfone groups is 1. The molecular formula is C7H15NO3S. The molecule has 12 heavy (non-hydrogen) atoms. The topological polar surface area (TPSA) is 66.4 Å². The summed E-state index contributed by atoms with van der Waals surface area (Å²) in [5.74, 6) is -0.0822. The predicted molar refractivity (Wildman–Crippen MR) is 46.7 cm³/mol. The summed E-state index contributed by atoms with van der Waals surface area (Å²) in [6.45, 7) is 1.25. The number of hydrogen-bond donors (Lipinski definition) is 2. The van der Waals surface area contributed by atoms with Crippen molar-refractivity contribution in [2.75, 3.05) is 26.0 Å². The summed E-state index contributed by atoms with van der Waals surface area (Å²) in [5, 5.41) is 11.5. The third-order valence-electron chi connectivity index (χ3n) is 2.35. The summed E-state index contributed by atoms with van der Waals surface area (Å²) in [6, 6.07) is 0. The first-order valence-corrected chi connectivity index (χ1v) is 6.01. The minimum atomic E-state index is -3.01. The molecule has 0 saturated carbocycles. The minimum absolute atomic E-state index is 0.0284. The van der Waals surface area contributed by atoms with E-state index in [1.165, 1.54) is 6.26 Å². The van der Waals surface area contributed by atoms with Crippen LogP contribution < -0.4 is 5.32 Å². The van der Waals surface area contributed by atoms with Crippen LogP contribution in [0.3, 0.4) is 0 Å². The van der Waals surface area contributed by atoms with Crippen molar-refractivity contribution in [2.24, 2.45) is 5.92 Å². The molecule has 1 rings (SSSR count). The van der Waals surface area contributed by atoms with Gasteiger partial charge in [0, 0.05) is 25.3 Å². The fraction of sp³-hybridized carbons (Fsp3) is 1.00. The van der Waals surface area contributed by atoms with Crippen molar-refractivity contribution in [3.05, 3.63) is 0 Å². The van der Waals surface area contributed by atoms with E-state index in [0.717, 1.165) is 13.0 Å². The Kier molecular flexibility index (Phi) is 3.09. The Labute approximate surface area is 72.9 Å². The van der Waals surface area contributed by atoms with Gasteiger partial charge in [0.1, 0.15) is 0 Å². The SMILES string of the molecule is CS(=O)(=O)C1CNCCC1CO. The monoisotopic (exact) mass is 193 g/mol. The molecule has 1 saturated heterocycles. The number of aliphatic hydroxyl groups is 1. The van der Waals surface area contributed by atoms with Crippen molar-refractivity contribution in [3.8, 4) is 0 Å². The summed E-state index contributed by atoms with van der Waals surface area (Å²) in [6.07, 6.45) is 1.97. The van der Waals surface area contributed by atoms with Crippen molar-refractivity contribution >= 4 is 9.84 Å². The second kappa shape index (κ2) is 3.72. The predicted octanol–water partition coefficient (Wildman–Crippen LogP) is -0.999. The molecule has 0 spiro atoms. The Morgan fingerprint density at radius 2 is 2.25 bits per heavy atom. The maximum absolute atomic E-state index is 11.2. The highest BCUT2D eigenvalue weighted by Gasteiger charge is 2.31. The van der Waals surface area contributed by atoms with Crippen LogP contribution in [0, 0.1) is 5.92 Å². The van der Waals surface area contributed by atoms with Gasteiger partial charge in [0.15, 0.2) is 9.84 Å². The zero-order valence-corrected chi connectivity index (χ0v) is 7.97. The van der Waals surface area contributed by atoms with E-state index in [2.05, 4.69) is 5.32 Å². The normalized spacial score (nSPS) is 31.8. The molecule has 0 aliphatic carbocycles. The van der Waals surface area contributed by atoms with E-state index in [-0.39, 0.29) is 12.5 Å². The molecule has 1 fully saturated rings. The zero-order chi connectivity index (χ0) is 9.19. The van der Waals surface area contributed by atoms with Crippen molar-refractivity contribution in [1.82, 2.24) is 5.32 Å². The molecular weight excluding hydrogens is 178 g/mol. The first-order valence-electron chi connectivity index (χ1n) is 4.06. The lowest BCUT2D eigenvalue weighted by Crippen LogP contribution is -2.46. The van der Waals surface area contributed by atoms with Crippen LogP contribution in [-0.4, -0.2) is 44.7 Å². The number of aliphatic hydroxyl groups excluding tert-OH is 1. The molecule has 0 aromatic rings. The van der Waals surface area contributed by atoms with Gasteiger partial charge in [-0.1, -0.05) is 0 Å². The first kappa shape index (κ1) is 9.95. The quantitative estimate of drug-likeness (QED) is 0.590. The molecule has 2 atom stereocenters. The highest BCUT2D eigenvalue weighted by Crippen LogP contribution is 2.17.